The first-order valence-electron chi connectivity index (χ1n) is 9.15. The van der Waals surface area contributed by atoms with Crippen LogP contribution in [0.5, 0.6) is 0 Å². The topological polar surface area (TPSA) is 61.8 Å². The summed E-state index contributed by atoms with van der Waals surface area (Å²) in [6.07, 6.45) is 1.61. The summed E-state index contributed by atoms with van der Waals surface area (Å²) >= 11 is 6.00. The molecule has 1 aromatic heterocycles. The van der Waals surface area contributed by atoms with Gasteiger partial charge in [-0.1, -0.05) is 17.7 Å². The molecule has 1 amide bonds. The molecule has 1 aromatic carbocycles. The highest BCUT2D eigenvalue weighted by Gasteiger charge is 2.24. The molecule has 0 atom stereocenters. The van der Waals surface area contributed by atoms with Crippen molar-refractivity contribution >= 4 is 29.1 Å². The molecule has 2 aliphatic heterocycles. The fraction of sp³-hybridized carbons (Fsp3) is 0.421. The molecule has 2 aromatic rings. The summed E-state index contributed by atoms with van der Waals surface area (Å²) < 4.78 is 5.40. The number of morpholine rings is 1. The van der Waals surface area contributed by atoms with Gasteiger partial charge in [0.2, 0.25) is 0 Å². The van der Waals surface area contributed by atoms with Crippen molar-refractivity contribution in [3.63, 3.8) is 0 Å². The second-order valence-corrected chi connectivity index (χ2v) is 7.06. The number of aromatic nitrogens is 2. The van der Waals surface area contributed by atoms with E-state index in [1.807, 2.05) is 11.0 Å². The maximum Gasteiger partial charge on any atom is 0.254 e. The molecule has 4 rings (SSSR count). The monoisotopic (exact) mass is 387 g/mol. The average Bonchev–Trinajstić information content (AvgIpc) is 2.74. The molecule has 0 aliphatic carbocycles. The van der Waals surface area contributed by atoms with E-state index in [1.54, 1.807) is 30.6 Å². The normalized spacial score (nSPS) is 17.9. The predicted octanol–water partition coefficient (Wildman–Crippen LogP) is 1.93. The van der Waals surface area contributed by atoms with Crippen LogP contribution in [0.25, 0.3) is 0 Å². The van der Waals surface area contributed by atoms with Gasteiger partial charge in [-0.15, -0.1) is 0 Å². The van der Waals surface area contributed by atoms with Crippen LogP contribution in [0.2, 0.25) is 5.02 Å². The maximum absolute atomic E-state index is 12.7. The molecule has 0 bridgehead atoms. The summed E-state index contributed by atoms with van der Waals surface area (Å²) in [7, 11) is 0. The van der Waals surface area contributed by atoms with Crippen molar-refractivity contribution in [2.45, 2.75) is 0 Å². The molecule has 0 spiro atoms. The van der Waals surface area contributed by atoms with Gasteiger partial charge in [-0.2, -0.15) is 0 Å². The number of hydrogen-bond donors (Lipinski definition) is 0. The smallest absolute Gasteiger partial charge is 0.254 e. The van der Waals surface area contributed by atoms with E-state index in [2.05, 4.69) is 19.8 Å². The van der Waals surface area contributed by atoms with E-state index >= 15 is 0 Å². The van der Waals surface area contributed by atoms with E-state index in [0.717, 1.165) is 51.0 Å². The Labute approximate surface area is 163 Å². The van der Waals surface area contributed by atoms with Crippen LogP contribution in [0.3, 0.4) is 0 Å². The zero-order valence-electron chi connectivity index (χ0n) is 15.1. The summed E-state index contributed by atoms with van der Waals surface area (Å²) in [6.45, 7) is 5.94. The van der Waals surface area contributed by atoms with Crippen molar-refractivity contribution in [1.29, 1.82) is 0 Å². The lowest BCUT2D eigenvalue weighted by atomic mass is 10.2. The number of hydrogen-bond acceptors (Lipinski definition) is 6. The second kappa shape index (κ2) is 8.10. The SMILES string of the molecule is O=C(c1cccc(Cl)c1)N1CCN(c2cc(N3CCOCC3)ncn2)CC1. The maximum atomic E-state index is 12.7. The number of anilines is 2. The summed E-state index contributed by atoms with van der Waals surface area (Å²) in [5.41, 5.74) is 0.632. The molecule has 142 valence electrons. The number of nitrogens with zero attached hydrogens (tertiary/aromatic N) is 5. The Morgan fingerprint density at radius 2 is 1.59 bits per heavy atom. The van der Waals surface area contributed by atoms with Gasteiger partial charge in [0.05, 0.1) is 13.2 Å². The van der Waals surface area contributed by atoms with Crippen molar-refractivity contribution < 1.29 is 9.53 Å². The van der Waals surface area contributed by atoms with E-state index in [0.29, 0.717) is 23.7 Å². The molecule has 0 radical (unpaired) electrons. The molecule has 2 fully saturated rings. The van der Waals surface area contributed by atoms with Crippen LogP contribution < -0.4 is 9.80 Å². The number of amides is 1. The van der Waals surface area contributed by atoms with Crippen LogP contribution >= 0.6 is 11.6 Å². The molecule has 2 saturated heterocycles. The van der Waals surface area contributed by atoms with Crippen LogP contribution in [0.4, 0.5) is 11.6 Å². The molecule has 27 heavy (non-hydrogen) atoms. The minimum atomic E-state index is 0.0221. The molecule has 3 heterocycles. The average molecular weight is 388 g/mol. The molecule has 7 nitrogen and oxygen atoms in total. The van der Waals surface area contributed by atoms with Gasteiger partial charge < -0.3 is 19.4 Å². The number of carbonyl (C=O) groups is 1. The summed E-state index contributed by atoms with van der Waals surface area (Å²) in [4.78, 5) is 27.8. The third-order valence-electron chi connectivity index (χ3n) is 4.94. The Morgan fingerprint density at radius 3 is 2.26 bits per heavy atom. The summed E-state index contributed by atoms with van der Waals surface area (Å²) in [5, 5.41) is 0.580. The zero-order valence-corrected chi connectivity index (χ0v) is 15.8. The van der Waals surface area contributed by atoms with Crippen LogP contribution in [-0.2, 0) is 4.74 Å². The zero-order chi connectivity index (χ0) is 18.6. The van der Waals surface area contributed by atoms with Crippen molar-refractivity contribution in [3.05, 3.63) is 47.2 Å². The molecular weight excluding hydrogens is 366 g/mol. The van der Waals surface area contributed by atoms with Crippen LogP contribution in [0.15, 0.2) is 36.7 Å². The molecule has 8 heteroatoms. The van der Waals surface area contributed by atoms with Crippen molar-refractivity contribution in [2.75, 3.05) is 62.3 Å². The summed E-state index contributed by atoms with van der Waals surface area (Å²) in [6, 6.07) is 9.13. The number of rotatable bonds is 3. The largest absolute Gasteiger partial charge is 0.378 e. The van der Waals surface area contributed by atoms with E-state index < -0.39 is 0 Å². The van der Waals surface area contributed by atoms with Gasteiger partial charge in [-0.05, 0) is 18.2 Å². The molecular formula is C19H22ClN5O2. The standard InChI is InChI=1S/C19H22ClN5O2/c20-16-3-1-2-15(12-16)19(26)25-6-4-23(5-7-25)17-13-18(22-14-21-17)24-8-10-27-11-9-24/h1-3,12-14H,4-11H2. The first-order chi connectivity index (χ1) is 13.2. The molecule has 2 aliphatic rings. The molecule has 0 unspecified atom stereocenters. The highest BCUT2D eigenvalue weighted by Crippen LogP contribution is 2.21. The lowest BCUT2D eigenvalue weighted by molar-refractivity contribution is 0.0746. The van der Waals surface area contributed by atoms with E-state index in [9.17, 15) is 4.79 Å². The minimum Gasteiger partial charge on any atom is -0.378 e. The first-order valence-corrected chi connectivity index (χ1v) is 9.53. The van der Waals surface area contributed by atoms with E-state index in [1.165, 1.54) is 0 Å². The molecule has 0 N–H and O–H groups in total. The van der Waals surface area contributed by atoms with Crippen LogP contribution in [0, 0.1) is 0 Å². The van der Waals surface area contributed by atoms with Gasteiger partial charge in [-0.25, -0.2) is 9.97 Å². The quantitative estimate of drug-likeness (QED) is 0.802. The highest BCUT2D eigenvalue weighted by atomic mass is 35.5. The van der Waals surface area contributed by atoms with Gasteiger partial charge in [0.15, 0.2) is 0 Å². The molecule has 0 saturated carbocycles. The Morgan fingerprint density at radius 1 is 0.926 bits per heavy atom. The minimum absolute atomic E-state index is 0.0221. The van der Waals surface area contributed by atoms with Gasteiger partial charge in [0.1, 0.15) is 18.0 Å². The van der Waals surface area contributed by atoms with Crippen molar-refractivity contribution in [3.8, 4) is 0 Å². The van der Waals surface area contributed by atoms with Crippen molar-refractivity contribution in [2.24, 2.45) is 0 Å². The third-order valence-corrected chi connectivity index (χ3v) is 5.17. The van der Waals surface area contributed by atoms with Gasteiger partial charge in [0.25, 0.3) is 5.91 Å². The Bertz CT molecular complexity index is 804. The van der Waals surface area contributed by atoms with Gasteiger partial charge in [-0.3, -0.25) is 4.79 Å². The number of piperazine rings is 1. The Hall–Kier alpha value is -2.38. The highest BCUT2D eigenvalue weighted by molar-refractivity contribution is 6.30. The summed E-state index contributed by atoms with van der Waals surface area (Å²) in [5.74, 6) is 1.86. The van der Waals surface area contributed by atoms with Crippen molar-refractivity contribution in [1.82, 2.24) is 14.9 Å². The fourth-order valence-corrected chi connectivity index (χ4v) is 3.61. The van der Waals surface area contributed by atoms with Crippen LogP contribution in [0.1, 0.15) is 10.4 Å². The predicted molar refractivity (Wildman–Crippen MR) is 105 cm³/mol. The van der Waals surface area contributed by atoms with Gasteiger partial charge >= 0.3 is 0 Å². The lowest BCUT2D eigenvalue weighted by Crippen LogP contribution is -2.49. The van der Waals surface area contributed by atoms with E-state index in [-0.39, 0.29) is 5.91 Å². The fourth-order valence-electron chi connectivity index (χ4n) is 3.42. The Balaban J connectivity index is 1.40. The number of halogens is 1. The second-order valence-electron chi connectivity index (χ2n) is 6.62. The number of ether oxygens (including phenoxy) is 1. The third kappa shape index (κ3) is 4.14. The Kier molecular flexibility index (Phi) is 5.40. The number of carbonyl (C=O) groups excluding carboxylic acids is 1. The van der Waals surface area contributed by atoms with Crippen LogP contribution in [-0.4, -0.2) is 73.3 Å². The van der Waals surface area contributed by atoms with E-state index in [4.69, 9.17) is 16.3 Å². The van der Waals surface area contributed by atoms with Gasteiger partial charge in [0, 0.05) is 55.9 Å². The number of benzene rings is 1. The first kappa shape index (κ1) is 18.0. The lowest BCUT2D eigenvalue weighted by Gasteiger charge is -2.36.